The van der Waals surface area contributed by atoms with Crippen molar-refractivity contribution in [3.63, 3.8) is 0 Å². The van der Waals surface area contributed by atoms with Crippen LogP contribution in [0.15, 0.2) is 125 Å². The van der Waals surface area contributed by atoms with Crippen molar-refractivity contribution in [3.05, 3.63) is 136 Å². The summed E-state index contributed by atoms with van der Waals surface area (Å²) in [5, 5.41) is 6.32. The summed E-state index contributed by atoms with van der Waals surface area (Å²) < 4.78 is 10.6. The number of ether oxygens (including phenoxy) is 2. The SMILES string of the molecule is COC(=O)CSC(SCC(=O)OC)=C(NC(=O)c1ccc(C)cc1)[P+](c1ccccc1)(c1ccccc1)c1ccccc1. The fourth-order valence-corrected chi connectivity index (χ4v) is 11.6. The standard InChI is InChI=1S/C34H32NO5PS2/c1-25-19-21-26(22-20-25)32(38)35-33(34(42-23-30(36)39-2)43-24-31(37)40-3)41(27-13-7-4-8-14-27,28-15-9-5-10-16-28)29-17-11-6-12-18-29/h4-22H,23-24H2,1-3H3/p+1. The van der Waals surface area contributed by atoms with Gasteiger partial charge in [-0.3, -0.25) is 19.7 Å². The van der Waals surface area contributed by atoms with Gasteiger partial charge in [-0.15, -0.1) is 23.5 Å². The van der Waals surface area contributed by atoms with Gasteiger partial charge in [-0.2, -0.15) is 0 Å². The molecule has 6 nitrogen and oxygen atoms in total. The Morgan fingerprint density at radius 1 is 0.628 bits per heavy atom. The first-order chi connectivity index (χ1) is 20.9. The minimum atomic E-state index is -2.84. The van der Waals surface area contributed by atoms with Crippen LogP contribution in [0.5, 0.6) is 0 Å². The lowest BCUT2D eigenvalue weighted by atomic mass is 10.1. The predicted molar refractivity (Wildman–Crippen MR) is 180 cm³/mol. The summed E-state index contributed by atoms with van der Waals surface area (Å²) in [7, 11) is -0.165. The highest BCUT2D eigenvalue weighted by Crippen LogP contribution is 2.64. The van der Waals surface area contributed by atoms with E-state index in [2.05, 4.69) is 41.7 Å². The van der Waals surface area contributed by atoms with Crippen LogP contribution < -0.4 is 21.2 Å². The van der Waals surface area contributed by atoms with Crippen molar-refractivity contribution in [2.24, 2.45) is 0 Å². The molecule has 0 radical (unpaired) electrons. The molecule has 0 saturated carbocycles. The highest BCUT2D eigenvalue weighted by molar-refractivity contribution is 8.23. The zero-order valence-electron chi connectivity index (χ0n) is 24.2. The topological polar surface area (TPSA) is 81.7 Å². The molecular formula is C34H33NO5PS2+. The first-order valence-corrected chi connectivity index (χ1v) is 17.2. The molecule has 9 heteroatoms. The van der Waals surface area contributed by atoms with Crippen LogP contribution in [-0.2, 0) is 19.1 Å². The number of methoxy groups -OCH3 is 2. The predicted octanol–water partition coefficient (Wildman–Crippen LogP) is 5.66. The molecule has 0 heterocycles. The fraction of sp³-hybridized carbons (Fsp3) is 0.147. The molecule has 0 atom stereocenters. The van der Waals surface area contributed by atoms with Gasteiger partial charge in [-0.05, 0) is 55.5 Å². The second kappa shape index (κ2) is 15.6. The number of benzene rings is 4. The number of aryl methyl sites for hydroxylation is 1. The molecule has 0 unspecified atom stereocenters. The number of carbonyl (C=O) groups is 3. The van der Waals surface area contributed by atoms with Crippen molar-refractivity contribution >= 4 is 64.5 Å². The number of thioether (sulfide) groups is 2. The lowest BCUT2D eigenvalue weighted by molar-refractivity contribution is -0.138. The summed E-state index contributed by atoms with van der Waals surface area (Å²) in [6.07, 6.45) is 0. The molecule has 4 aromatic rings. The van der Waals surface area contributed by atoms with E-state index in [1.165, 1.54) is 37.7 Å². The molecule has 0 fully saturated rings. The quantitative estimate of drug-likeness (QED) is 0.160. The third kappa shape index (κ3) is 7.77. The van der Waals surface area contributed by atoms with Crippen LogP contribution in [0.1, 0.15) is 15.9 Å². The number of rotatable bonds is 12. The number of hydrogen-bond donors (Lipinski definition) is 1. The molecule has 1 N–H and O–H groups in total. The lowest BCUT2D eigenvalue weighted by Crippen LogP contribution is -2.39. The van der Waals surface area contributed by atoms with Crippen molar-refractivity contribution in [1.29, 1.82) is 0 Å². The Labute approximate surface area is 261 Å². The summed E-state index contributed by atoms with van der Waals surface area (Å²) in [4.78, 5) is 38.9. The second-order valence-electron chi connectivity index (χ2n) is 9.36. The molecule has 0 aromatic heterocycles. The summed E-state index contributed by atoms with van der Waals surface area (Å²) in [5.41, 5.74) is 2.16. The van der Waals surface area contributed by atoms with Crippen molar-refractivity contribution < 1.29 is 23.9 Å². The highest BCUT2D eigenvalue weighted by Gasteiger charge is 2.52. The average Bonchev–Trinajstić information content (AvgIpc) is 3.06. The molecule has 0 aliphatic rings. The van der Waals surface area contributed by atoms with Gasteiger partial charge >= 0.3 is 11.9 Å². The number of nitrogens with one attached hydrogen (secondary N) is 1. The first-order valence-electron chi connectivity index (χ1n) is 13.5. The Bertz CT molecular complexity index is 1440. The zero-order valence-corrected chi connectivity index (χ0v) is 26.7. The molecule has 0 saturated heterocycles. The molecule has 1 amide bonds. The van der Waals surface area contributed by atoms with E-state index in [4.69, 9.17) is 9.47 Å². The Kier molecular flexibility index (Phi) is 11.6. The van der Waals surface area contributed by atoms with E-state index in [1.54, 1.807) is 12.1 Å². The van der Waals surface area contributed by atoms with Gasteiger partial charge in [0.25, 0.3) is 5.91 Å². The van der Waals surface area contributed by atoms with Crippen LogP contribution in [0, 0.1) is 6.92 Å². The van der Waals surface area contributed by atoms with Gasteiger partial charge in [0.15, 0.2) is 12.7 Å². The van der Waals surface area contributed by atoms with Gasteiger partial charge in [0.1, 0.15) is 20.2 Å². The maximum Gasteiger partial charge on any atom is 0.316 e. The Morgan fingerprint density at radius 3 is 1.40 bits per heavy atom. The molecule has 0 spiro atoms. The molecule has 0 aliphatic heterocycles. The molecule has 43 heavy (non-hydrogen) atoms. The van der Waals surface area contributed by atoms with E-state index in [-0.39, 0.29) is 17.4 Å². The van der Waals surface area contributed by atoms with Crippen molar-refractivity contribution in [2.45, 2.75) is 6.92 Å². The first kappa shape index (κ1) is 32.1. The summed E-state index contributed by atoms with van der Waals surface area (Å²) in [5.74, 6) is -1.16. The van der Waals surface area contributed by atoms with Crippen LogP contribution in [-0.4, -0.2) is 43.6 Å². The average molecular weight is 631 g/mol. The van der Waals surface area contributed by atoms with E-state index in [0.717, 1.165) is 21.5 Å². The molecule has 4 aromatic carbocycles. The maximum atomic E-state index is 14.1. The largest absolute Gasteiger partial charge is 0.468 e. The van der Waals surface area contributed by atoms with Crippen molar-refractivity contribution in [3.8, 4) is 0 Å². The fourth-order valence-electron chi connectivity index (χ4n) is 4.49. The molecule has 0 bridgehead atoms. The minimum Gasteiger partial charge on any atom is -0.468 e. The van der Waals surface area contributed by atoms with Gasteiger partial charge in [0.2, 0.25) is 0 Å². The lowest BCUT2D eigenvalue weighted by Gasteiger charge is -2.31. The van der Waals surface area contributed by atoms with E-state index < -0.39 is 19.2 Å². The van der Waals surface area contributed by atoms with Gasteiger partial charge in [0.05, 0.1) is 25.7 Å². The van der Waals surface area contributed by atoms with Gasteiger partial charge in [-0.25, -0.2) is 0 Å². The van der Waals surface area contributed by atoms with E-state index in [0.29, 0.717) is 15.2 Å². The van der Waals surface area contributed by atoms with E-state index in [1.807, 2.05) is 73.7 Å². The molecule has 220 valence electrons. The summed E-state index contributed by atoms with van der Waals surface area (Å²) in [6, 6.07) is 37.6. The second-order valence-corrected chi connectivity index (χ2v) is 14.9. The number of amides is 1. The number of hydrogen-bond acceptors (Lipinski definition) is 7. The third-order valence-electron chi connectivity index (χ3n) is 6.60. The van der Waals surface area contributed by atoms with Gasteiger partial charge in [-0.1, -0.05) is 72.3 Å². The maximum absolute atomic E-state index is 14.1. The Morgan fingerprint density at radius 2 is 1.02 bits per heavy atom. The monoisotopic (exact) mass is 630 g/mol. The zero-order chi connectivity index (χ0) is 30.7. The van der Waals surface area contributed by atoms with E-state index in [9.17, 15) is 14.4 Å². The number of esters is 2. The normalized spacial score (nSPS) is 10.9. The molecule has 4 rings (SSSR count). The van der Waals surface area contributed by atoms with E-state index >= 15 is 0 Å². The Balaban J connectivity index is 2.09. The minimum absolute atomic E-state index is 0.0116. The summed E-state index contributed by atoms with van der Waals surface area (Å²) >= 11 is 2.48. The van der Waals surface area contributed by atoms with Crippen LogP contribution >= 0.6 is 30.8 Å². The highest BCUT2D eigenvalue weighted by atomic mass is 32.2. The number of carbonyl (C=O) groups excluding carboxylic acids is 3. The Hall–Kier alpha value is -3.84. The van der Waals surface area contributed by atoms with Crippen LogP contribution in [0.2, 0.25) is 0 Å². The molecule has 0 aliphatic carbocycles. The molecular weight excluding hydrogens is 597 g/mol. The van der Waals surface area contributed by atoms with Crippen LogP contribution in [0.3, 0.4) is 0 Å². The van der Waals surface area contributed by atoms with Gasteiger partial charge < -0.3 is 9.47 Å². The van der Waals surface area contributed by atoms with Gasteiger partial charge in [0, 0.05) is 5.56 Å². The van der Waals surface area contributed by atoms with Crippen LogP contribution in [0.4, 0.5) is 0 Å². The van der Waals surface area contributed by atoms with Crippen molar-refractivity contribution in [1.82, 2.24) is 5.32 Å². The smallest absolute Gasteiger partial charge is 0.316 e. The van der Waals surface area contributed by atoms with Crippen LogP contribution in [0.25, 0.3) is 0 Å². The summed E-state index contributed by atoms with van der Waals surface area (Å²) in [6.45, 7) is 1.97. The van der Waals surface area contributed by atoms with Crippen molar-refractivity contribution in [2.75, 3.05) is 25.7 Å². The third-order valence-corrected chi connectivity index (χ3v) is 13.5.